The van der Waals surface area contributed by atoms with E-state index in [1.807, 2.05) is 30.3 Å². The van der Waals surface area contributed by atoms with Crippen molar-refractivity contribution in [3.05, 3.63) is 42.8 Å². The van der Waals surface area contributed by atoms with Crippen LogP contribution in [0, 0.1) is 6.92 Å². The zero-order valence-corrected chi connectivity index (χ0v) is 6.19. The lowest BCUT2D eigenvalue weighted by Gasteiger charge is -2.08. The van der Waals surface area contributed by atoms with Crippen LogP contribution in [0.1, 0.15) is 18.1 Å². The molecule has 2 heteroatoms. The van der Waals surface area contributed by atoms with Gasteiger partial charge >= 0.3 is 0 Å². The number of rotatable bonds is 3. The highest BCUT2D eigenvalue weighted by atomic mass is 17.1. The van der Waals surface area contributed by atoms with E-state index in [1.165, 1.54) is 0 Å². The van der Waals surface area contributed by atoms with Crippen LogP contribution in [0.4, 0.5) is 0 Å². The molecule has 0 saturated carbocycles. The van der Waals surface area contributed by atoms with E-state index in [0.717, 1.165) is 5.56 Å². The van der Waals surface area contributed by atoms with Crippen molar-refractivity contribution in [3.63, 3.8) is 0 Å². The molecule has 0 N–H and O–H groups in total. The summed E-state index contributed by atoms with van der Waals surface area (Å²) in [6, 6.07) is 9.35. The lowest BCUT2D eigenvalue weighted by molar-refractivity contribution is -0.337. The second-order valence-electron chi connectivity index (χ2n) is 2.28. The van der Waals surface area contributed by atoms with Crippen molar-refractivity contribution in [2.45, 2.75) is 12.5 Å². The van der Waals surface area contributed by atoms with Gasteiger partial charge in [-0.1, -0.05) is 37.3 Å². The fourth-order valence-corrected chi connectivity index (χ4v) is 0.938. The monoisotopic (exact) mass is 150 g/mol. The molecule has 2 radical (unpaired) electrons. The topological polar surface area (TPSA) is 29.1 Å². The Morgan fingerprint density at radius 1 is 1.36 bits per heavy atom. The van der Waals surface area contributed by atoms with E-state index in [0.29, 0.717) is 6.42 Å². The minimum absolute atomic E-state index is 0.406. The van der Waals surface area contributed by atoms with Crippen LogP contribution in [-0.2, 0) is 10.1 Å². The normalized spacial score (nSPS) is 12.9. The molecule has 1 aromatic rings. The smallest absolute Gasteiger partial charge is 0.121 e. The summed E-state index contributed by atoms with van der Waals surface area (Å²) in [7, 11) is 0. The van der Waals surface area contributed by atoms with Gasteiger partial charge in [-0.05, 0) is 17.2 Å². The maximum atomic E-state index is 10.1. The molecule has 0 spiro atoms. The summed E-state index contributed by atoms with van der Waals surface area (Å²) in [6.45, 7) is 3.61. The molecule has 0 aromatic heterocycles. The SMILES string of the molecule is [CH2]CC(O[O])c1ccccc1. The van der Waals surface area contributed by atoms with Crippen LogP contribution in [0.3, 0.4) is 0 Å². The van der Waals surface area contributed by atoms with Gasteiger partial charge in [0.1, 0.15) is 6.10 Å². The summed E-state index contributed by atoms with van der Waals surface area (Å²) in [5.41, 5.74) is 0.887. The van der Waals surface area contributed by atoms with E-state index in [4.69, 9.17) is 0 Å². The van der Waals surface area contributed by atoms with Crippen molar-refractivity contribution >= 4 is 0 Å². The average Bonchev–Trinajstić information content (AvgIpc) is 2.09. The van der Waals surface area contributed by atoms with Crippen molar-refractivity contribution in [1.29, 1.82) is 0 Å². The summed E-state index contributed by atoms with van der Waals surface area (Å²) in [4.78, 5) is 3.97. The molecule has 2 nitrogen and oxygen atoms in total. The molecule has 1 atom stereocenters. The van der Waals surface area contributed by atoms with Gasteiger partial charge in [0.15, 0.2) is 0 Å². The quantitative estimate of drug-likeness (QED) is 0.480. The lowest BCUT2D eigenvalue weighted by atomic mass is 10.1. The molecule has 1 unspecified atom stereocenters. The van der Waals surface area contributed by atoms with E-state index in [1.54, 1.807) is 0 Å². The van der Waals surface area contributed by atoms with Crippen LogP contribution in [0.15, 0.2) is 30.3 Å². The largest absolute Gasteiger partial charge is 0.196 e. The van der Waals surface area contributed by atoms with Crippen molar-refractivity contribution < 1.29 is 10.1 Å². The maximum absolute atomic E-state index is 10.1. The number of hydrogen-bond donors (Lipinski definition) is 0. The van der Waals surface area contributed by atoms with E-state index < -0.39 is 6.10 Å². The molecule has 0 aliphatic heterocycles. The van der Waals surface area contributed by atoms with E-state index in [2.05, 4.69) is 11.8 Å². The summed E-state index contributed by atoms with van der Waals surface area (Å²) in [5, 5.41) is 10.1. The molecule has 1 rings (SSSR count). The van der Waals surface area contributed by atoms with Crippen molar-refractivity contribution in [2.75, 3.05) is 0 Å². The zero-order valence-electron chi connectivity index (χ0n) is 6.19. The van der Waals surface area contributed by atoms with Crippen molar-refractivity contribution in [2.24, 2.45) is 0 Å². The predicted octanol–water partition coefficient (Wildman–Crippen LogP) is 2.31. The molecule has 0 bridgehead atoms. The van der Waals surface area contributed by atoms with Gasteiger partial charge in [0, 0.05) is 0 Å². The van der Waals surface area contributed by atoms with Crippen molar-refractivity contribution in [1.82, 2.24) is 0 Å². The van der Waals surface area contributed by atoms with E-state index in [9.17, 15) is 5.26 Å². The Hall–Kier alpha value is -0.860. The Kier molecular flexibility index (Phi) is 3.08. The molecule has 0 aliphatic rings. The van der Waals surface area contributed by atoms with Gasteiger partial charge in [-0.25, -0.2) is 0 Å². The van der Waals surface area contributed by atoms with Gasteiger partial charge in [-0.3, -0.25) is 0 Å². The fraction of sp³-hybridized carbons (Fsp3) is 0.222. The Labute approximate surface area is 66.4 Å². The molecule has 0 aliphatic carbocycles. The summed E-state index contributed by atoms with van der Waals surface area (Å²) >= 11 is 0. The van der Waals surface area contributed by atoms with Crippen LogP contribution >= 0.6 is 0 Å². The van der Waals surface area contributed by atoms with Crippen LogP contribution in [0.2, 0.25) is 0 Å². The first-order valence-corrected chi connectivity index (χ1v) is 3.51. The summed E-state index contributed by atoms with van der Waals surface area (Å²) < 4.78 is 0. The van der Waals surface area contributed by atoms with Crippen molar-refractivity contribution in [3.8, 4) is 0 Å². The Bertz CT molecular complexity index is 192. The lowest BCUT2D eigenvalue weighted by Crippen LogP contribution is -1.98. The second-order valence-corrected chi connectivity index (χ2v) is 2.28. The van der Waals surface area contributed by atoms with Crippen LogP contribution in [0.25, 0.3) is 0 Å². The highest BCUT2D eigenvalue weighted by Gasteiger charge is 2.08. The van der Waals surface area contributed by atoms with Crippen LogP contribution in [0.5, 0.6) is 0 Å². The summed E-state index contributed by atoms with van der Waals surface area (Å²) in [6.07, 6.45) is 0.0595. The van der Waals surface area contributed by atoms with Crippen LogP contribution in [-0.4, -0.2) is 0 Å². The first kappa shape index (κ1) is 8.24. The Morgan fingerprint density at radius 2 is 2.00 bits per heavy atom. The van der Waals surface area contributed by atoms with Gasteiger partial charge in [0.25, 0.3) is 0 Å². The third-order valence-electron chi connectivity index (χ3n) is 1.55. The molecule has 58 valence electrons. The molecule has 0 saturated heterocycles. The Morgan fingerprint density at radius 3 is 2.45 bits per heavy atom. The molecule has 1 aromatic carbocycles. The summed E-state index contributed by atoms with van der Waals surface area (Å²) in [5.74, 6) is 0. The first-order valence-electron chi connectivity index (χ1n) is 3.51. The molecular formula is C9H10O2. The first-order chi connectivity index (χ1) is 5.38. The molecule has 0 fully saturated rings. The highest BCUT2D eigenvalue weighted by molar-refractivity contribution is 5.17. The minimum Gasteiger partial charge on any atom is -0.196 e. The molecule has 11 heavy (non-hydrogen) atoms. The van der Waals surface area contributed by atoms with Gasteiger partial charge in [0.2, 0.25) is 0 Å². The fourth-order valence-electron chi connectivity index (χ4n) is 0.938. The third kappa shape index (κ3) is 2.03. The third-order valence-corrected chi connectivity index (χ3v) is 1.55. The molecule has 0 amide bonds. The number of hydrogen-bond acceptors (Lipinski definition) is 1. The zero-order chi connectivity index (χ0) is 8.10. The maximum Gasteiger partial charge on any atom is 0.121 e. The van der Waals surface area contributed by atoms with E-state index in [-0.39, 0.29) is 0 Å². The van der Waals surface area contributed by atoms with Gasteiger partial charge in [-0.15, -0.1) is 0 Å². The van der Waals surface area contributed by atoms with Crippen LogP contribution < -0.4 is 0 Å². The predicted molar refractivity (Wildman–Crippen MR) is 40.9 cm³/mol. The van der Waals surface area contributed by atoms with Gasteiger partial charge in [-0.2, -0.15) is 4.89 Å². The minimum atomic E-state index is -0.406. The number of benzene rings is 1. The molecule has 0 heterocycles. The Balaban J connectivity index is 2.74. The van der Waals surface area contributed by atoms with Gasteiger partial charge < -0.3 is 0 Å². The van der Waals surface area contributed by atoms with E-state index >= 15 is 0 Å². The molecular weight excluding hydrogens is 140 g/mol. The second kappa shape index (κ2) is 4.11. The standard InChI is InChI=1S/C9H10O2/c1-2-9(11-10)8-6-4-3-5-7-8/h3-7,9H,1-2H2. The van der Waals surface area contributed by atoms with Gasteiger partial charge in [0.05, 0.1) is 0 Å². The highest BCUT2D eigenvalue weighted by Crippen LogP contribution is 2.18. The average molecular weight is 150 g/mol.